The van der Waals surface area contributed by atoms with Crippen LogP contribution >= 0.6 is 0 Å². The molecule has 10 rings (SSSR count). The fourth-order valence-corrected chi connectivity index (χ4v) is 28.2. The van der Waals surface area contributed by atoms with Gasteiger partial charge in [-0.25, -0.2) is 0 Å². The summed E-state index contributed by atoms with van der Waals surface area (Å²) in [7, 11) is -10.1. The van der Waals surface area contributed by atoms with Gasteiger partial charge in [-0.15, -0.1) is 0 Å². The van der Waals surface area contributed by atoms with Gasteiger partial charge in [0.25, 0.3) is 0 Å². The van der Waals surface area contributed by atoms with Crippen LogP contribution in [-0.4, -0.2) is 72.7 Å². The molecule has 0 heterocycles. The average molecular weight is 2180 g/mol. The number of hydrogen-bond donors (Lipinski definition) is 0. The molecule has 36 heteroatoms. The number of halogens is 27. The lowest BCUT2D eigenvalue weighted by Crippen LogP contribution is -2.48. The van der Waals surface area contributed by atoms with E-state index in [1.807, 2.05) is 0 Å². The molecule has 0 radical (unpaired) electrons. The molecule has 0 N–H and O–H groups in total. The van der Waals surface area contributed by atoms with Crippen molar-refractivity contribution in [1.82, 2.24) is 0 Å². The van der Waals surface area contributed by atoms with Crippen LogP contribution in [0.1, 0.15) is 106 Å². The van der Waals surface area contributed by atoms with Crippen molar-refractivity contribution >= 4 is 119 Å². The quantitative estimate of drug-likeness (QED) is 0.0998. The van der Waals surface area contributed by atoms with Crippen LogP contribution in [0.4, 0.5) is 119 Å². The third-order valence-electron chi connectivity index (χ3n) is 22.3. The molecule has 0 amide bonds. The Bertz CT molecular complexity index is 5270. The van der Waals surface area contributed by atoms with Gasteiger partial charge in [-0.3, -0.25) is 0 Å². The fraction of sp³-hybridized carbons (Fsp3) is 0.434. The fourth-order valence-electron chi connectivity index (χ4n) is 14.3. The molecular formula is C106H143F27Si9. The third kappa shape index (κ3) is 44.9. The van der Waals surface area contributed by atoms with E-state index in [0.29, 0.717) is 37.3 Å². The summed E-state index contributed by atoms with van der Waals surface area (Å²) >= 11 is 0. The van der Waals surface area contributed by atoms with E-state index in [-0.39, 0.29) is 35.4 Å². The molecule has 792 valence electrons. The Kier molecular flexibility index (Phi) is 46.4. The third-order valence-corrected chi connectivity index (χ3v) is 41.2. The van der Waals surface area contributed by atoms with Gasteiger partial charge in [0.15, 0.2) is 0 Å². The lowest BCUT2D eigenvalue weighted by molar-refractivity contribution is -0.150. The summed E-state index contributed by atoms with van der Waals surface area (Å²) in [5.41, 5.74) is -7.19. The molecule has 0 saturated carbocycles. The van der Waals surface area contributed by atoms with E-state index in [1.54, 1.807) is 52.2 Å². The van der Waals surface area contributed by atoms with Crippen molar-refractivity contribution in [3.63, 3.8) is 0 Å². The zero-order chi connectivity index (χ0) is 112. The Labute approximate surface area is 834 Å². The first-order valence-electron chi connectivity index (χ1n) is 45.7. The summed E-state index contributed by atoms with van der Waals surface area (Å²) in [5.74, 6) is 0. The van der Waals surface area contributed by atoms with Crippen molar-refractivity contribution in [3.8, 4) is 0 Å². The molecule has 0 bridgehead atoms. The monoisotopic (exact) mass is 2180 g/mol. The highest BCUT2D eigenvalue weighted by Gasteiger charge is 2.46. The van der Waals surface area contributed by atoms with Crippen molar-refractivity contribution in [2.45, 2.75) is 302 Å². The van der Waals surface area contributed by atoms with Crippen LogP contribution < -0.4 is 46.7 Å². The summed E-state index contributed by atoms with van der Waals surface area (Å²) in [6.07, 6.45) is -44.4. The number of rotatable bonds is 9. The highest BCUT2D eigenvalue weighted by molar-refractivity contribution is 6.94. The maximum absolute atomic E-state index is 12.5. The highest BCUT2D eigenvalue weighted by atomic mass is 28.3. The van der Waals surface area contributed by atoms with Gasteiger partial charge in [-0.2, -0.15) is 119 Å². The van der Waals surface area contributed by atoms with Crippen LogP contribution in [0.5, 0.6) is 0 Å². The summed E-state index contributed by atoms with van der Waals surface area (Å²) in [5, 5.41) is 14.4. The molecule has 0 aliphatic carbocycles. The van der Waals surface area contributed by atoms with Crippen LogP contribution in [0.25, 0.3) is 0 Å². The molecule has 10 aromatic carbocycles. The van der Waals surface area contributed by atoms with Crippen molar-refractivity contribution in [1.29, 1.82) is 0 Å². The molecule has 0 saturated heterocycles. The second kappa shape index (κ2) is 49.8. The molecule has 0 aromatic heterocycles. The van der Waals surface area contributed by atoms with Crippen LogP contribution in [0.2, 0.25) is 177 Å². The normalized spacial score (nSPS) is 12.8. The van der Waals surface area contributed by atoms with Crippen LogP contribution in [0, 0.1) is 69.2 Å². The maximum Gasteiger partial charge on any atom is 0.416 e. The summed E-state index contributed by atoms with van der Waals surface area (Å²) in [6.45, 7) is 82.0. The predicted octanol–water partition coefficient (Wildman–Crippen LogP) is 34.0. The zero-order valence-corrected chi connectivity index (χ0v) is 97.7. The smallest absolute Gasteiger partial charge is 0.166 e. The summed E-state index contributed by atoms with van der Waals surface area (Å²) in [4.78, 5) is 0. The van der Waals surface area contributed by atoms with Gasteiger partial charge in [0.2, 0.25) is 0 Å². The molecule has 0 aliphatic rings. The van der Waals surface area contributed by atoms with Gasteiger partial charge in [-0.1, -0.05) is 396 Å². The van der Waals surface area contributed by atoms with E-state index >= 15 is 0 Å². The van der Waals surface area contributed by atoms with Crippen LogP contribution in [0.15, 0.2) is 194 Å². The van der Waals surface area contributed by atoms with E-state index in [4.69, 9.17) is 0 Å². The van der Waals surface area contributed by atoms with E-state index < -0.39 is 189 Å². The first kappa shape index (κ1) is 132. The van der Waals surface area contributed by atoms with Crippen molar-refractivity contribution in [3.05, 3.63) is 300 Å². The van der Waals surface area contributed by atoms with Crippen LogP contribution in [0.3, 0.4) is 0 Å². The summed E-state index contributed by atoms with van der Waals surface area (Å²) in [6, 6.07) is 52.2. The molecule has 10 aromatic rings. The molecule has 0 nitrogen and oxygen atoms in total. The molecular weight excluding hydrogens is 2040 g/mol. The first-order chi connectivity index (χ1) is 63.0. The van der Waals surface area contributed by atoms with E-state index in [1.165, 1.54) is 34.7 Å². The first-order valence-corrected chi connectivity index (χ1v) is 77.2. The summed E-state index contributed by atoms with van der Waals surface area (Å²) < 4.78 is 331. The molecule has 0 unspecified atom stereocenters. The second-order valence-corrected chi connectivity index (χ2v) is 90.2. The molecule has 0 atom stereocenters. The zero-order valence-electron chi connectivity index (χ0n) is 88.7. The Balaban J connectivity index is 0.000000792. The molecule has 0 aliphatic heterocycles. The van der Waals surface area contributed by atoms with Gasteiger partial charge in [-0.05, 0) is 146 Å². The van der Waals surface area contributed by atoms with Crippen molar-refractivity contribution < 1.29 is 119 Å². The van der Waals surface area contributed by atoms with Gasteiger partial charge in [0.05, 0.1) is 123 Å². The Hall–Kier alpha value is -7.74. The second-order valence-electron chi connectivity index (χ2n) is 44.7. The minimum Gasteiger partial charge on any atom is -0.166 e. The lowest BCUT2D eigenvalue weighted by atomic mass is 9.97. The van der Waals surface area contributed by atoms with E-state index in [2.05, 4.69) is 346 Å². The van der Waals surface area contributed by atoms with Crippen molar-refractivity contribution in [2.24, 2.45) is 0 Å². The van der Waals surface area contributed by atoms with E-state index in [0.717, 1.165) is 26.0 Å². The number of benzene rings is 10. The lowest BCUT2D eigenvalue weighted by Gasteiger charge is -2.26. The van der Waals surface area contributed by atoms with Gasteiger partial charge in [0, 0.05) is 0 Å². The molecule has 0 fully saturated rings. The predicted molar refractivity (Wildman–Crippen MR) is 564 cm³/mol. The highest BCUT2D eigenvalue weighted by Crippen LogP contribution is 2.45. The Morgan fingerprint density at radius 2 is 0.423 bits per heavy atom. The number of hydrogen-bond acceptors (Lipinski definition) is 0. The minimum atomic E-state index is -5.30. The minimum absolute atomic E-state index is 0.0721. The molecule has 0 spiro atoms. The Morgan fingerprint density at radius 1 is 0.148 bits per heavy atom. The average Bonchev–Trinajstić information content (AvgIpc) is 0.766. The maximum atomic E-state index is 12.5. The van der Waals surface area contributed by atoms with Crippen molar-refractivity contribution in [2.75, 3.05) is 0 Å². The largest absolute Gasteiger partial charge is 0.416 e. The van der Waals surface area contributed by atoms with Crippen LogP contribution in [-0.2, 0) is 55.6 Å². The SMILES string of the molecule is Cc1c(C(F)(F)F)cc(C(F)(F)F)cc1C(F)(F)F.Cc1c(C(F)(F)F)cccc1C(F)(F)F.Cc1c([Si](C)(C)C)cccc1[Si](C)(C)C.Cc1cc(C(F)(F)F)cc(C(F)(F)F)c1.Cc1cc([Si](C)(C)C)cc([Si](C)(C)C)c1.Cc1ccc(C(F)(F)F)cc1C(F)(F)F.Cc1ccc([Si](C)(C)C)cc1.Cc1ccc([Si](C)(C)C)cc1[Si](C)(C)C.Cc1cccc([Si](C)(C)C)c1.Cc1ccccc1[Si](C)(C)C. The standard InChI is InChI=1S/3C13H24Si2.C10H5F9.3C10H16Si.3C9H6F6/c1-11-8-12(14(2,3)4)10-13(9-11)15(5,6)7;1-11-8-9-12(14(2,3)4)10-13(11)15(5,6)7;1-11-12(14(2,3)4)9-8-10-13(11)15(5,6)7;1-4-6(9(14,15)16)2-5(8(11,12)13)3-7(4)10(17,18)19;1-9-5-7-10(8-6-9)11(2,3)4;1-9-6-5-7-10(8-9)11(2,3)4;1-9-7-5-6-8-10(9)11(2,3)4;1-5-2-6(8(10,11)12)4-7(3-5)9(13,14)15;1-5-2-3-6(8(10,11)12)4-7(5)9(13,14)15;1-5-6(8(10,11)12)3-2-4-7(5)9(13,14)15/h3*8-10H,1-7H3;2-3H,1H3;3*5-8H,1-4H3;3*2-4H,1H3. The topological polar surface area (TPSA) is 0 Å². The van der Waals surface area contributed by atoms with E-state index in [9.17, 15) is 119 Å². The van der Waals surface area contributed by atoms with Gasteiger partial charge in [0.1, 0.15) is 0 Å². The number of aryl methyl sites for hydroxylation is 7. The Morgan fingerprint density at radius 3 is 0.732 bits per heavy atom. The number of alkyl halides is 27. The molecule has 142 heavy (non-hydrogen) atoms. The van der Waals surface area contributed by atoms with Gasteiger partial charge < -0.3 is 0 Å². The van der Waals surface area contributed by atoms with Gasteiger partial charge >= 0.3 is 55.6 Å².